The first kappa shape index (κ1) is 21.6. The third-order valence-electron chi connectivity index (χ3n) is 5.73. The fourth-order valence-electron chi connectivity index (χ4n) is 3.86. The van der Waals surface area contributed by atoms with Crippen LogP contribution in [0.15, 0.2) is 84.0 Å². The number of phenols is 1. The molecule has 164 valence electrons. The highest BCUT2D eigenvalue weighted by molar-refractivity contribution is 6.02. The lowest BCUT2D eigenvalue weighted by atomic mass is 10.1. The molecule has 1 saturated heterocycles. The van der Waals surface area contributed by atoms with E-state index in [-0.39, 0.29) is 11.7 Å². The molecule has 4 rings (SSSR count). The number of benzene rings is 3. The summed E-state index contributed by atoms with van der Waals surface area (Å²) in [5.41, 5.74) is 6.72. The molecule has 1 aliphatic rings. The van der Waals surface area contributed by atoms with Gasteiger partial charge in [-0.3, -0.25) is 9.69 Å². The smallest absolute Gasteiger partial charge is 0.271 e. The Hall–Kier alpha value is -3.64. The second-order valence-electron chi connectivity index (χ2n) is 7.95. The van der Waals surface area contributed by atoms with Crippen LogP contribution in [0.1, 0.15) is 28.4 Å². The van der Waals surface area contributed by atoms with E-state index in [1.54, 1.807) is 25.1 Å². The van der Waals surface area contributed by atoms with Crippen molar-refractivity contribution in [1.82, 2.24) is 10.3 Å². The van der Waals surface area contributed by atoms with Gasteiger partial charge < -0.3 is 10.0 Å². The lowest BCUT2D eigenvalue weighted by Crippen LogP contribution is -2.45. The first-order valence-corrected chi connectivity index (χ1v) is 10.8. The van der Waals surface area contributed by atoms with Crippen molar-refractivity contribution in [3.05, 3.63) is 95.6 Å². The van der Waals surface area contributed by atoms with Gasteiger partial charge in [-0.05, 0) is 48.9 Å². The average molecular weight is 429 g/mol. The van der Waals surface area contributed by atoms with Crippen LogP contribution in [0, 0.1) is 0 Å². The van der Waals surface area contributed by atoms with E-state index in [1.165, 1.54) is 11.3 Å². The van der Waals surface area contributed by atoms with Crippen LogP contribution in [0.4, 0.5) is 5.69 Å². The average Bonchev–Trinajstić information content (AvgIpc) is 2.84. The number of para-hydroxylation sites is 2. The van der Waals surface area contributed by atoms with E-state index in [0.717, 1.165) is 32.7 Å². The zero-order valence-electron chi connectivity index (χ0n) is 18.2. The van der Waals surface area contributed by atoms with Crippen LogP contribution in [0.3, 0.4) is 0 Å². The summed E-state index contributed by atoms with van der Waals surface area (Å²) in [7, 11) is 0. The largest absolute Gasteiger partial charge is 0.507 e. The maximum atomic E-state index is 12.4. The minimum Gasteiger partial charge on any atom is -0.507 e. The number of hydrazone groups is 1. The molecule has 6 heteroatoms. The van der Waals surface area contributed by atoms with Gasteiger partial charge >= 0.3 is 0 Å². The molecule has 0 aliphatic carbocycles. The van der Waals surface area contributed by atoms with Crippen molar-refractivity contribution in [1.29, 1.82) is 0 Å². The number of piperazine rings is 1. The minimum absolute atomic E-state index is 0.136. The zero-order chi connectivity index (χ0) is 22.3. The highest BCUT2D eigenvalue weighted by atomic mass is 16.3. The lowest BCUT2D eigenvalue weighted by molar-refractivity contribution is 0.0954. The van der Waals surface area contributed by atoms with Crippen molar-refractivity contribution in [2.75, 3.05) is 31.1 Å². The molecule has 3 aromatic carbocycles. The minimum atomic E-state index is -0.275. The molecule has 0 aromatic heterocycles. The predicted octanol–water partition coefficient (Wildman–Crippen LogP) is 3.87. The summed E-state index contributed by atoms with van der Waals surface area (Å²) in [6, 6.07) is 25.1. The maximum absolute atomic E-state index is 12.4. The van der Waals surface area contributed by atoms with E-state index >= 15 is 0 Å². The Morgan fingerprint density at radius 3 is 2.25 bits per heavy atom. The molecular formula is C26H28N4O2. The summed E-state index contributed by atoms with van der Waals surface area (Å²) in [4.78, 5) is 17.3. The number of rotatable bonds is 6. The van der Waals surface area contributed by atoms with Crippen LogP contribution >= 0.6 is 0 Å². The number of anilines is 1. The number of aromatic hydroxyl groups is 1. The third kappa shape index (κ3) is 5.34. The molecule has 1 fully saturated rings. The summed E-state index contributed by atoms with van der Waals surface area (Å²) < 4.78 is 0. The van der Waals surface area contributed by atoms with Crippen LogP contribution in [-0.2, 0) is 6.54 Å². The van der Waals surface area contributed by atoms with Gasteiger partial charge in [-0.2, -0.15) is 5.10 Å². The number of carbonyl (C=O) groups is 1. The Balaban J connectivity index is 1.29. The highest BCUT2D eigenvalue weighted by Crippen LogP contribution is 2.18. The van der Waals surface area contributed by atoms with Gasteiger partial charge in [-0.1, -0.05) is 42.5 Å². The summed E-state index contributed by atoms with van der Waals surface area (Å²) in [5.74, 6) is -0.139. The fourth-order valence-corrected chi connectivity index (χ4v) is 3.86. The number of nitrogens with one attached hydrogen (secondary N) is 1. The number of amides is 1. The second-order valence-corrected chi connectivity index (χ2v) is 7.95. The molecule has 0 atom stereocenters. The van der Waals surface area contributed by atoms with Crippen LogP contribution in [0.2, 0.25) is 0 Å². The maximum Gasteiger partial charge on any atom is 0.271 e. The summed E-state index contributed by atoms with van der Waals surface area (Å²) in [6.07, 6.45) is 0. The number of hydrogen-bond acceptors (Lipinski definition) is 5. The fraction of sp³-hybridized carbons (Fsp3) is 0.231. The molecule has 32 heavy (non-hydrogen) atoms. The van der Waals surface area contributed by atoms with Gasteiger partial charge in [0.25, 0.3) is 5.91 Å². The van der Waals surface area contributed by atoms with Gasteiger partial charge in [0.15, 0.2) is 0 Å². The second kappa shape index (κ2) is 10.1. The molecule has 0 bridgehead atoms. The highest BCUT2D eigenvalue weighted by Gasteiger charge is 2.17. The van der Waals surface area contributed by atoms with Gasteiger partial charge in [-0.15, -0.1) is 0 Å². The van der Waals surface area contributed by atoms with Gasteiger partial charge in [-0.25, -0.2) is 5.43 Å². The summed E-state index contributed by atoms with van der Waals surface area (Å²) in [6.45, 7) is 6.66. The molecule has 0 radical (unpaired) electrons. The van der Waals surface area contributed by atoms with E-state index in [2.05, 4.69) is 44.6 Å². The Morgan fingerprint density at radius 2 is 1.56 bits per heavy atom. The van der Waals surface area contributed by atoms with E-state index < -0.39 is 0 Å². The van der Waals surface area contributed by atoms with Crippen LogP contribution < -0.4 is 10.3 Å². The molecule has 0 unspecified atom stereocenters. The SMILES string of the molecule is C/C(=N\NC(=O)c1ccc(CN2CCN(c3ccccc3)CC2)cc1)c1ccccc1O. The topological polar surface area (TPSA) is 68.2 Å². The van der Waals surface area contributed by atoms with E-state index in [1.807, 2.05) is 36.4 Å². The number of nitrogens with zero attached hydrogens (tertiary/aromatic N) is 3. The molecule has 0 spiro atoms. The lowest BCUT2D eigenvalue weighted by Gasteiger charge is -2.36. The van der Waals surface area contributed by atoms with Crippen LogP contribution in [0.5, 0.6) is 5.75 Å². The molecular weight excluding hydrogens is 400 g/mol. The van der Waals surface area contributed by atoms with Gasteiger partial charge in [0.1, 0.15) is 5.75 Å². The zero-order valence-corrected chi connectivity index (χ0v) is 18.2. The molecule has 0 saturated carbocycles. The molecule has 6 nitrogen and oxygen atoms in total. The Kier molecular flexibility index (Phi) is 6.82. The van der Waals surface area contributed by atoms with E-state index in [4.69, 9.17) is 0 Å². The quantitative estimate of drug-likeness (QED) is 0.462. The van der Waals surface area contributed by atoms with Crippen molar-refractivity contribution >= 4 is 17.3 Å². The van der Waals surface area contributed by atoms with Crippen LogP contribution in [0.25, 0.3) is 0 Å². The summed E-state index contributed by atoms with van der Waals surface area (Å²) in [5, 5.41) is 14.0. The Bertz CT molecular complexity index is 1070. The van der Waals surface area contributed by atoms with Crippen LogP contribution in [-0.4, -0.2) is 47.8 Å². The Labute approximate surface area is 188 Å². The molecule has 1 aliphatic heterocycles. The van der Waals surface area contributed by atoms with Gasteiger partial charge in [0, 0.05) is 49.5 Å². The molecule has 1 amide bonds. The number of carbonyl (C=O) groups excluding carboxylic acids is 1. The normalized spacial score (nSPS) is 14.9. The Morgan fingerprint density at radius 1 is 0.906 bits per heavy atom. The monoisotopic (exact) mass is 428 g/mol. The summed E-state index contributed by atoms with van der Waals surface area (Å²) >= 11 is 0. The van der Waals surface area contributed by atoms with Gasteiger partial charge in [0.2, 0.25) is 0 Å². The van der Waals surface area contributed by atoms with E-state index in [9.17, 15) is 9.90 Å². The van der Waals surface area contributed by atoms with Crippen molar-refractivity contribution in [2.45, 2.75) is 13.5 Å². The molecule has 1 heterocycles. The first-order valence-electron chi connectivity index (χ1n) is 10.8. The standard InChI is InChI=1S/C26H28N4O2/c1-20(24-9-5-6-10-25(24)31)27-28-26(32)22-13-11-21(12-14-22)19-29-15-17-30(18-16-29)23-7-3-2-4-8-23/h2-14,31H,15-19H2,1H3,(H,28,32)/b27-20+. The van der Waals surface area contributed by atoms with Gasteiger partial charge in [0.05, 0.1) is 5.71 Å². The van der Waals surface area contributed by atoms with Crippen molar-refractivity contribution in [3.8, 4) is 5.75 Å². The number of phenolic OH excluding ortho intramolecular Hbond substituents is 1. The molecule has 2 N–H and O–H groups in total. The van der Waals surface area contributed by atoms with Crippen molar-refractivity contribution < 1.29 is 9.90 Å². The van der Waals surface area contributed by atoms with Crippen molar-refractivity contribution in [2.24, 2.45) is 5.10 Å². The number of hydrogen-bond donors (Lipinski definition) is 2. The predicted molar refractivity (Wildman–Crippen MR) is 128 cm³/mol. The van der Waals surface area contributed by atoms with Crippen molar-refractivity contribution in [3.63, 3.8) is 0 Å². The first-order chi connectivity index (χ1) is 15.6. The third-order valence-corrected chi connectivity index (χ3v) is 5.73. The van der Waals surface area contributed by atoms with E-state index in [0.29, 0.717) is 16.8 Å². The molecule has 3 aromatic rings.